The molecule has 4 aromatic rings. The number of thiophene rings is 1. The van der Waals surface area contributed by atoms with Gasteiger partial charge in [-0.1, -0.05) is 11.8 Å². The number of hydrogen-bond donors (Lipinski definition) is 1. The molecule has 2 aromatic heterocycles. The van der Waals surface area contributed by atoms with Crippen LogP contribution < -0.4 is 15.6 Å². The van der Waals surface area contributed by atoms with Crippen molar-refractivity contribution >= 4 is 50.8 Å². The molecule has 5 rings (SSSR count). The Balaban J connectivity index is 1.52. The van der Waals surface area contributed by atoms with Crippen molar-refractivity contribution in [3.05, 3.63) is 74.9 Å². The van der Waals surface area contributed by atoms with Gasteiger partial charge in [0, 0.05) is 24.4 Å². The highest BCUT2D eigenvalue weighted by atomic mass is 32.2. The third-order valence-corrected chi connectivity index (χ3v) is 8.21. The van der Waals surface area contributed by atoms with Crippen molar-refractivity contribution in [1.29, 1.82) is 0 Å². The molecule has 3 heterocycles. The average molecular weight is 557 g/mol. The molecule has 0 saturated heterocycles. The van der Waals surface area contributed by atoms with Crippen LogP contribution in [0, 0.1) is 11.6 Å². The van der Waals surface area contributed by atoms with E-state index in [1.165, 1.54) is 22.8 Å². The molecule has 0 saturated carbocycles. The first-order valence-corrected chi connectivity index (χ1v) is 13.4. The van der Waals surface area contributed by atoms with E-state index in [2.05, 4.69) is 5.32 Å². The standard InChI is InChI=1S/C26H22F2N4O4S2/c1-14(33)31-10-9-18-21(12-31)38-24-23(18)25(35)32(16-4-6-17(36-2)7-5-16)26(30-24)37-13-22(34)29-20-8-3-15(27)11-19(20)28/h3-8,11H,9-10,12-13H2,1-2H3,(H,29,34). The van der Waals surface area contributed by atoms with Crippen LogP contribution >= 0.6 is 23.1 Å². The minimum absolute atomic E-state index is 0.0310. The highest BCUT2D eigenvalue weighted by molar-refractivity contribution is 7.99. The topological polar surface area (TPSA) is 93.5 Å². The summed E-state index contributed by atoms with van der Waals surface area (Å²) in [6.45, 7) is 2.46. The molecular weight excluding hydrogens is 534 g/mol. The van der Waals surface area contributed by atoms with Gasteiger partial charge in [0.15, 0.2) is 5.16 Å². The molecule has 0 radical (unpaired) electrons. The summed E-state index contributed by atoms with van der Waals surface area (Å²) in [4.78, 5) is 46.3. The Labute approximate surface area is 224 Å². The Hall–Kier alpha value is -3.77. The SMILES string of the molecule is COc1ccc(-n2c(SCC(=O)Nc3ccc(F)cc3F)nc3sc4c(c3c2=O)CCN(C(C)=O)C4)cc1. The number of halogens is 2. The van der Waals surface area contributed by atoms with Gasteiger partial charge < -0.3 is 15.0 Å². The van der Waals surface area contributed by atoms with Gasteiger partial charge >= 0.3 is 0 Å². The predicted octanol–water partition coefficient (Wildman–Crippen LogP) is 4.37. The number of fused-ring (bicyclic) bond motifs is 3. The van der Waals surface area contributed by atoms with E-state index in [-0.39, 0.29) is 28.1 Å². The maximum atomic E-state index is 14.0. The van der Waals surface area contributed by atoms with Crippen molar-refractivity contribution in [2.24, 2.45) is 0 Å². The van der Waals surface area contributed by atoms with Crippen molar-refractivity contribution in [2.45, 2.75) is 25.0 Å². The molecule has 12 heteroatoms. The second kappa shape index (κ2) is 10.5. The minimum atomic E-state index is -0.887. The van der Waals surface area contributed by atoms with Crippen LogP contribution in [-0.2, 0) is 22.6 Å². The van der Waals surface area contributed by atoms with Crippen LogP contribution in [0.2, 0.25) is 0 Å². The van der Waals surface area contributed by atoms with Gasteiger partial charge in [0.2, 0.25) is 11.8 Å². The molecule has 1 N–H and O–H groups in total. The van der Waals surface area contributed by atoms with E-state index in [4.69, 9.17) is 9.72 Å². The zero-order valence-corrected chi connectivity index (χ0v) is 22.0. The second-order valence-electron chi connectivity index (χ2n) is 8.57. The summed E-state index contributed by atoms with van der Waals surface area (Å²) >= 11 is 2.38. The second-order valence-corrected chi connectivity index (χ2v) is 10.6. The molecule has 8 nitrogen and oxygen atoms in total. The Morgan fingerprint density at radius 2 is 1.95 bits per heavy atom. The zero-order chi connectivity index (χ0) is 27.0. The summed E-state index contributed by atoms with van der Waals surface area (Å²) in [5, 5.41) is 3.21. The van der Waals surface area contributed by atoms with Gasteiger partial charge in [-0.15, -0.1) is 11.3 Å². The summed E-state index contributed by atoms with van der Waals surface area (Å²) in [7, 11) is 1.54. The van der Waals surface area contributed by atoms with E-state index in [0.29, 0.717) is 47.2 Å². The third kappa shape index (κ3) is 5.01. The largest absolute Gasteiger partial charge is 0.497 e. The number of amides is 2. The minimum Gasteiger partial charge on any atom is -0.497 e. The van der Waals surface area contributed by atoms with E-state index in [1.54, 1.807) is 36.3 Å². The highest BCUT2D eigenvalue weighted by Gasteiger charge is 2.27. The molecule has 0 fully saturated rings. The Bertz CT molecular complexity index is 1620. The number of anilines is 1. The third-order valence-electron chi connectivity index (χ3n) is 6.16. The lowest BCUT2D eigenvalue weighted by Gasteiger charge is -2.25. The van der Waals surface area contributed by atoms with Gasteiger partial charge in [-0.2, -0.15) is 0 Å². The first kappa shape index (κ1) is 25.9. The summed E-state index contributed by atoms with van der Waals surface area (Å²) < 4.78 is 33.9. The molecule has 0 unspecified atom stereocenters. The van der Waals surface area contributed by atoms with Crippen molar-refractivity contribution in [3.8, 4) is 11.4 Å². The molecule has 0 spiro atoms. The van der Waals surface area contributed by atoms with Crippen molar-refractivity contribution in [1.82, 2.24) is 14.5 Å². The molecule has 0 bridgehead atoms. The first-order chi connectivity index (χ1) is 18.2. The number of ether oxygens (including phenoxy) is 1. The molecule has 1 aliphatic rings. The normalized spacial score (nSPS) is 12.9. The lowest BCUT2D eigenvalue weighted by atomic mass is 10.1. The Morgan fingerprint density at radius 3 is 2.63 bits per heavy atom. The summed E-state index contributed by atoms with van der Waals surface area (Å²) in [6.07, 6.45) is 0.548. The number of rotatable bonds is 6. The fourth-order valence-corrected chi connectivity index (χ4v) is 6.34. The van der Waals surface area contributed by atoms with Gasteiger partial charge in [0.1, 0.15) is 22.2 Å². The van der Waals surface area contributed by atoms with Gasteiger partial charge in [0.05, 0.1) is 36.2 Å². The predicted molar refractivity (Wildman–Crippen MR) is 142 cm³/mol. The number of carbonyl (C=O) groups excluding carboxylic acids is 2. The van der Waals surface area contributed by atoms with E-state index < -0.39 is 17.5 Å². The number of benzene rings is 2. The highest BCUT2D eigenvalue weighted by Crippen LogP contribution is 2.34. The fourth-order valence-electron chi connectivity index (χ4n) is 4.26. The molecule has 0 aliphatic carbocycles. The lowest BCUT2D eigenvalue weighted by Crippen LogP contribution is -2.34. The van der Waals surface area contributed by atoms with E-state index in [9.17, 15) is 23.2 Å². The average Bonchev–Trinajstić information content (AvgIpc) is 3.27. The summed E-state index contributed by atoms with van der Waals surface area (Å²) in [5.41, 5.74) is 1.01. The Kier molecular flexibility index (Phi) is 7.17. The zero-order valence-electron chi connectivity index (χ0n) is 20.4. The van der Waals surface area contributed by atoms with Crippen LogP contribution in [0.15, 0.2) is 52.4 Å². The monoisotopic (exact) mass is 556 g/mol. The quantitative estimate of drug-likeness (QED) is 0.280. The molecule has 1 aliphatic heterocycles. The number of nitrogens with zero attached hydrogens (tertiary/aromatic N) is 3. The maximum Gasteiger partial charge on any atom is 0.267 e. The van der Waals surface area contributed by atoms with Gasteiger partial charge in [-0.3, -0.25) is 19.0 Å². The fraction of sp³-hybridized carbons (Fsp3) is 0.231. The summed E-state index contributed by atoms with van der Waals surface area (Å²) in [6, 6.07) is 9.77. The van der Waals surface area contributed by atoms with Crippen molar-refractivity contribution < 1.29 is 23.1 Å². The van der Waals surface area contributed by atoms with Crippen LogP contribution in [-0.4, -0.2) is 45.7 Å². The number of nitrogens with one attached hydrogen (secondary N) is 1. The molecule has 2 amide bonds. The maximum absolute atomic E-state index is 14.0. The lowest BCUT2D eigenvalue weighted by molar-refractivity contribution is -0.129. The molecular formula is C26H22F2N4O4S2. The molecule has 196 valence electrons. The van der Waals surface area contributed by atoms with Crippen LogP contribution in [0.3, 0.4) is 0 Å². The molecule has 2 aromatic carbocycles. The van der Waals surface area contributed by atoms with Crippen LogP contribution in [0.4, 0.5) is 14.5 Å². The van der Waals surface area contributed by atoms with Gasteiger partial charge in [-0.25, -0.2) is 13.8 Å². The number of aromatic nitrogens is 2. The van der Waals surface area contributed by atoms with Crippen LogP contribution in [0.25, 0.3) is 15.9 Å². The van der Waals surface area contributed by atoms with E-state index in [1.807, 2.05) is 0 Å². The van der Waals surface area contributed by atoms with Gasteiger partial charge in [-0.05, 0) is 48.4 Å². The number of thioether (sulfide) groups is 1. The van der Waals surface area contributed by atoms with Crippen molar-refractivity contribution in [3.63, 3.8) is 0 Å². The van der Waals surface area contributed by atoms with E-state index in [0.717, 1.165) is 34.3 Å². The number of methoxy groups -OCH3 is 1. The van der Waals surface area contributed by atoms with Crippen LogP contribution in [0.1, 0.15) is 17.4 Å². The molecule has 0 atom stereocenters. The summed E-state index contributed by atoms with van der Waals surface area (Å²) in [5.74, 6) is -1.77. The van der Waals surface area contributed by atoms with Crippen LogP contribution in [0.5, 0.6) is 5.75 Å². The Morgan fingerprint density at radius 1 is 1.18 bits per heavy atom. The number of hydrogen-bond acceptors (Lipinski definition) is 7. The first-order valence-electron chi connectivity index (χ1n) is 11.6. The molecule has 38 heavy (non-hydrogen) atoms. The van der Waals surface area contributed by atoms with Gasteiger partial charge in [0.25, 0.3) is 5.56 Å². The van der Waals surface area contributed by atoms with E-state index >= 15 is 0 Å². The van der Waals surface area contributed by atoms with Crippen molar-refractivity contribution in [2.75, 3.05) is 24.7 Å². The number of carbonyl (C=O) groups is 2. The smallest absolute Gasteiger partial charge is 0.267 e.